The first kappa shape index (κ1) is 12.9. The Labute approximate surface area is 91.6 Å². The Morgan fingerprint density at radius 3 is 2.67 bits per heavy atom. The van der Waals surface area contributed by atoms with Gasteiger partial charge < -0.3 is 10.6 Å². The molecule has 1 aliphatic rings. The molecule has 6 nitrogen and oxygen atoms in total. The maximum Gasteiger partial charge on any atom is 0.279 e. The number of piperazine rings is 1. The van der Waals surface area contributed by atoms with Gasteiger partial charge in [-0.25, -0.2) is 4.72 Å². The molecule has 0 aromatic rings. The third-order valence-corrected chi connectivity index (χ3v) is 4.29. The lowest BCUT2D eigenvalue weighted by Crippen LogP contribution is -2.59. The number of nitrogens with one attached hydrogen (secondary N) is 1. The maximum atomic E-state index is 11.8. The summed E-state index contributed by atoms with van der Waals surface area (Å²) in [6.45, 7) is 4.49. The van der Waals surface area contributed by atoms with Crippen molar-refractivity contribution in [3.8, 4) is 0 Å². The van der Waals surface area contributed by atoms with Gasteiger partial charge in [0.25, 0.3) is 10.2 Å². The van der Waals surface area contributed by atoms with Gasteiger partial charge in [0.1, 0.15) is 0 Å². The normalized spacial score (nSPS) is 25.7. The molecule has 3 N–H and O–H groups in total. The van der Waals surface area contributed by atoms with Gasteiger partial charge in [-0.3, -0.25) is 0 Å². The van der Waals surface area contributed by atoms with E-state index >= 15 is 0 Å². The molecule has 1 aliphatic heterocycles. The average molecular weight is 236 g/mol. The zero-order chi connectivity index (χ0) is 11.5. The van der Waals surface area contributed by atoms with Crippen LogP contribution in [0.15, 0.2) is 0 Å². The van der Waals surface area contributed by atoms with Crippen LogP contribution < -0.4 is 10.5 Å². The minimum Gasteiger partial charge on any atom is -0.329 e. The predicted molar refractivity (Wildman–Crippen MR) is 59.6 cm³/mol. The standard InChI is InChI=1S/C8H20N4O2S/c1-3-10-15(13,14)12-5-4-11(2)7-8(12)6-9/h8,10H,3-7,9H2,1-2H3. The first-order chi connectivity index (χ1) is 7.01. The highest BCUT2D eigenvalue weighted by Crippen LogP contribution is 2.11. The van der Waals surface area contributed by atoms with Gasteiger partial charge in [-0.15, -0.1) is 0 Å². The van der Waals surface area contributed by atoms with Crippen LogP contribution in [0.25, 0.3) is 0 Å². The monoisotopic (exact) mass is 236 g/mol. The topological polar surface area (TPSA) is 78.7 Å². The van der Waals surface area contributed by atoms with Crippen LogP contribution in [0.2, 0.25) is 0 Å². The second-order valence-corrected chi connectivity index (χ2v) is 5.47. The fourth-order valence-electron chi connectivity index (χ4n) is 1.77. The molecule has 1 saturated heterocycles. The SMILES string of the molecule is CCNS(=O)(=O)N1CCN(C)CC1CN. The van der Waals surface area contributed by atoms with Gasteiger partial charge in [-0.1, -0.05) is 6.92 Å². The van der Waals surface area contributed by atoms with E-state index in [1.165, 1.54) is 4.31 Å². The molecule has 7 heteroatoms. The third kappa shape index (κ3) is 3.12. The Morgan fingerprint density at radius 2 is 2.13 bits per heavy atom. The van der Waals surface area contributed by atoms with Crippen molar-refractivity contribution in [3.63, 3.8) is 0 Å². The number of hydrogen-bond acceptors (Lipinski definition) is 4. The largest absolute Gasteiger partial charge is 0.329 e. The van der Waals surface area contributed by atoms with Crippen molar-refractivity contribution in [1.29, 1.82) is 0 Å². The van der Waals surface area contributed by atoms with Crippen LogP contribution in [-0.2, 0) is 10.2 Å². The number of nitrogens with zero attached hydrogens (tertiary/aromatic N) is 2. The lowest BCUT2D eigenvalue weighted by molar-refractivity contribution is 0.162. The van der Waals surface area contributed by atoms with E-state index in [-0.39, 0.29) is 6.04 Å². The van der Waals surface area contributed by atoms with Crippen molar-refractivity contribution >= 4 is 10.2 Å². The number of likely N-dealkylation sites (N-methyl/N-ethyl adjacent to an activating group) is 1. The van der Waals surface area contributed by atoms with Crippen LogP contribution in [0.5, 0.6) is 0 Å². The molecule has 0 spiro atoms. The van der Waals surface area contributed by atoms with Gasteiger partial charge in [0.05, 0.1) is 6.04 Å². The van der Waals surface area contributed by atoms with E-state index in [2.05, 4.69) is 9.62 Å². The molecular formula is C8H20N4O2S. The molecular weight excluding hydrogens is 216 g/mol. The number of nitrogens with two attached hydrogens (primary N) is 1. The summed E-state index contributed by atoms with van der Waals surface area (Å²) >= 11 is 0. The van der Waals surface area contributed by atoms with E-state index < -0.39 is 10.2 Å². The summed E-state index contributed by atoms with van der Waals surface area (Å²) in [6, 6.07) is -0.118. The smallest absolute Gasteiger partial charge is 0.279 e. The molecule has 0 radical (unpaired) electrons. The van der Waals surface area contributed by atoms with Crippen molar-refractivity contribution < 1.29 is 8.42 Å². The van der Waals surface area contributed by atoms with E-state index in [0.29, 0.717) is 26.2 Å². The van der Waals surface area contributed by atoms with Crippen molar-refractivity contribution in [1.82, 2.24) is 13.9 Å². The van der Waals surface area contributed by atoms with Gasteiger partial charge in [-0.05, 0) is 7.05 Å². The Morgan fingerprint density at radius 1 is 1.47 bits per heavy atom. The van der Waals surface area contributed by atoms with Crippen molar-refractivity contribution in [2.45, 2.75) is 13.0 Å². The molecule has 15 heavy (non-hydrogen) atoms. The molecule has 0 amide bonds. The fourth-order valence-corrected chi connectivity index (χ4v) is 3.17. The second kappa shape index (κ2) is 5.22. The molecule has 1 heterocycles. The molecule has 0 aliphatic carbocycles. The van der Waals surface area contributed by atoms with Gasteiger partial charge in [0.15, 0.2) is 0 Å². The van der Waals surface area contributed by atoms with Gasteiger partial charge >= 0.3 is 0 Å². The number of rotatable bonds is 4. The Balaban J connectivity index is 2.75. The minimum absolute atomic E-state index is 0.118. The van der Waals surface area contributed by atoms with Crippen LogP contribution in [-0.4, -0.2) is 63.4 Å². The summed E-state index contributed by atoms with van der Waals surface area (Å²) in [4.78, 5) is 2.09. The summed E-state index contributed by atoms with van der Waals surface area (Å²) in [6.07, 6.45) is 0. The first-order valence-corrected chi connectivity index (χ1v) is 6.60. The van der Waals surface area contributed by atoms with Crippen molar-refractivity contribution in [3.05, 3.63) is 0 Å². The highest BCUT2D eigenvalue weighted by molar-refractivity contribution is 7.87. The molecule has 1 fully saturated rings. The van der Waals surface area contributed by atoms with E-state index in [4.69, 9.17) is 5.73 Å². The summed E-state index contributed by atoms with van der Waals surface area (Å²) in [7, 11) is -1.37. The maximum absolute atomic E-state index is 11.8. The van der Waals surface area contributed by atoms with Crippen LogP contribution in [0.4, 0.5) is 0 Å². The van der Waals surface area contributed by atoms with Crippen molar-refractivity contribution in [2.75, 3.05) is 39.8 Å². The highest BCUT2D eigenvalue weighted by atomic mass is 32.2. The Kier molecular flexibility index (Phi) is 4.47. The molecule has 0 saturated carbocycles. The predicted octanol–water partition coefficient (Wildman–Crippen LogP) is -1.58. The third-order valence-electron chi connectivity index (χ3n) is 2.54. The second-order valence-electron chi connectivity index (χ2n) is 3.77. The Bertz CT molecular complexity index is 293. The van der Waals surface area contributed by atoms with Crippen LogP contribution in [0, 0.1) is 0 Å². The number of hydrogen-bond donors (Lipinski definition) is 2. The molecule has 0 aromatic carbocycles. The van der Waals surface area contributed by atoms with E-state index in [1.807, 2.05) is 7.05 Å². The minimum atomic E-state index is -3.34. The van der Waals surface area contributed by atoms with Crippen LogP contribution in [0.1, 0.15) is 6.92 Å². The molecule has 90 valence electrons. The molecule has 1 unspecified atom stereocenters. The molecule has 0 bridgehead atoms. The zero-order valence-electron chi connectivity index (χ0n) is 9.31. The summed E-state index contributed by atoms with van der Waals surface area (Å²) in [5.74, 6) is 0. The van der Waals surface area contributed by atoms with E-state index in [9.17, 15) is 8.42 Å². The van der Waals surface area contributed by atoms with E-state index in [1.54, 1.807) is 6.92 Å². The van der Waals surface area contributed by atoms with Gasteiger partial charge in [0.2, 0.25) is 0 Å². The van der Waals surface area contributed by atoms with Crippen molar-refractivity contribution in [2.24, 2.45) is 5.73 Å². The fraction of sp³-hybridized carbons (Fsp3) is 1.00. The summed E-state index contributed by atoms with van der Waals surface area (Å²) < 4.78 is 27.6. The molecule has 1 atom stereocenters. The van der Waals surface area contributed by atoms with Crippen LogP contribution in [0.3, 0.4) is 0 Å². The lowest BCUT2D eigenvalue weighted by Gasteiger charge is -2.38. The lowest BCUT2D eigenvalue weighted by atomic mass is 10.2. The van der Waals surface area contributed by atoms with E-state index in [0.717, 1.165) is 6.54 Å². The highest BCUT2D eigenvalue weighted by Gasteiger charge is 2.32. The summed E-state index contributed by atoms with van der Waals surface area (Å²) in [5.41, 5.74) is 5.59. The van der Waals surface area contributed by atoms with Gasteiger partial charge in [-0.2, -0.15) is 12.7 Å². The quantitative estimate of drug-likeness (QED) is 0.617. The first-order valence-electron chi connectivity index (χ1n) is 5.16. The average Bonchev–Trinajstić information content (AvgIpc) is 2.17. The van der Waals surface area contributed by atoms with Gasteiger partial charge in [0, 0.05) is 32.7 Å². The summed E-state index contributed by atoms with van der Waals surface area (Å²) in [5, 5.41) is 0. The molecule has 1 rings (SSSR count). The molecule has 0 aromatic heterocycles. The zero-order valence-corrected chi connectivity index (χ0v) is 10.1. The Hall–Kier alpha value is -0.210. The van der Waals surface area contributed by atoms with Crippen LogP contribution >= 0.6 is 0 Å².